The van der Waals surface area contributed by atoms with Gasteiger partial charge in [-0.15, -0.1) is 0 Å². The van der Waals surface area contributed by atoms with Crippen molar-refractivity contribution in [1.82, 2.24) is 5.32 Å². The van der Waals surface area contributed by atoms with E-state index in [1.807, 2.05) is 26.0 Å². The number of ether oxygens (including phenoxy) is 1. The lowest BCUT2D eigenvalue weighted by atomic mass is 9.92. The van der Waals surface area contributed by atoms with Gasteiger partial charge >= 0.3 is 5.97 Å². The van der Waals surface area contributed by atoms with Crippen molar-refractivity contribution in [2.45, 2.75) is 64.2 Å². The van der Waals surface area contributed by atoms with Crippen molar-refractivity contribution in [3.05, 3.63) is 35.4 Å². The van der Waals surface area contributed by atoms with Crippen LogP contribution >= 0.6 is 0 Å². The molecular weight excluding hydrogens is 294 g/mol. The second-order valence-corrected chi connectivity index (χ2v) is 6.57. The number of carbonyl (C=O) groups is 2. The monoisotopic (exact) mass is 319 g/mol. The molecule has 5 nitrogen and oxygen atoms in total. The molecule has 2 rings (SSSR count). The van der Waals surface area contributed by atoms with E-state index in [9.17, 15) is 9.59 Å². The number of hydrogen-bond acceptors (Lipinski definition) is 3. The van der Waals surface area contributed by atoms with E-state index >= 15 is 0 Å². The van der Waals surface area contributed by atoms with Crippen LogP contribution in [0.15, 0.2) is 24.3 Å². The minimum atomic E-state index is -0.867. The molecule has 1 saturated carbocycles. The third-order valence-corrected chi connectivity index (χ3v) is 4.23. The van der Waals surface area contributed by atoms with Gasteiger partial charge in [0.15, 0.2) is 0 Å². The maximum atomic E-state index is 12.4. The highest BCUT2D eigenvalue weighted by Crippen LogP contribution is 2.33. The minimum Gasteiger partial charge on any atom is -0.481 e. The molecule has 1 fully saturated rings. The van der Waals surface area contributed by atoms with Gasteiger partial charge in [0.1, 0.15) is 0 Å². The highest BCUT2D eigenvalue weighted by Gasteiger charge is 2.37. The van der Waals surface area contributed by atoms with E-state index in [-0.39, 0.29) is 18.4 Å². The molecule has 1 amide bonds. The molecule has 126 valence electrons. The van der Waals surface area contributed by atoms with Crippen LogP contribution in [0.3, 0.4) is 0 Å². The van der Waals surface area contributed by atoms with E-state index in [0.717, 1.165) is 31.2 Å². The quantitative estimate of drug-likeness (QED) is 0.809. The smallest absolute Gasteiger partial charge is 0.305 e. The van der Waals surface area contributed by atoms with Gasteiger partial charge in [-0.25, -0.2) is 0 Å². The van der Waals surface area contributed by atoms with E-state index in [1.54, 1.807) is 12.1 Å². The summed E-state index contributed by atoms with van der Waals surface area (Å²) in [5.41, 5.74) is 0.967. The molecule has 0 atom stereocenters. The maximum absolute atomic E-state index is 12.4. The van der Waals surface area contributed by atoms with Crippen LogP contribution in [0, 0.1) is 0 Å². The number of amides is 1. The van der Waals surface area contributed by atoms with Gasteiger partial charge in [0.2, 0.25) is 0 Å². The van der Waals surface area contributed by atoms with Gasteiger partial charge in [-0.1, -0.05) is 25.0 Å². The van der Waals surface area contributed by atoms with E-state index in [2.05, 4.69) is 5.32 Å². The second kappa shape index (κ2) is 7.59. The fourth-order valence-corrected chi connectivity index (χ4v) is 3.02. The predicted octanol–water partition coefficient (Wildman–Crippen LogP) is 3.13. The van der Waals surface area contributed by atoms with Crippen molar-refractivity contribution in [2.24, 2.45) is 0 Å². The average molecular weight is 319 g/mol. The number of carboxylic acids is 1. The molecule has 0 radical (unpaired) electrons. The number of aliphatic carboxylic acids is 1. The molecule has 0 unspecified atom stereocenters. The molecule has 5 heteroatoms. The summed E-state index contributed by atoms with van der Waals surface area (Å²) >= 11 is 0. The Kier molecular flexibility index (Phi) is 5.77. The van der Waals surface area contributed by atoms with E-state index in [1.165, 1.54) is 0 Å². The number of carboxylic acid groups (broad SMARTS) is 1. The van der Waals surface area contributed by atoms with E-state index < -0.39 is 11.5 Å². The highest BCUT2D eigenvalue weighted by atomic mass is 16.5. The third kappa shape index (κ3) is 5.06. The summed E-state index contributed by atoms with van der Waals surface area (Å²) in [6, 6.07) is 7.27. The van der Waals surface area contributed by atoms with Crippen LogP contribution in [0.25, 0.3) is 0 Å². The first kappa shape index (κ1) is 17.5. The molecule has 1 aromatic carbocycles. The van der Waals surface area contributed by atoms with Crippen LogP contribution in [0.5, 0.6) is 0 Å². The van der Waals surface area contributed by atoms with Crippen LogP contribution in [0.1, 0.15) is 61.9 Å². The molecule has 0 bridgehead atoms. The lowest BCUT2D eigenvalue weighted by molar-refractivity contribution is -0.138. The van der Waals surface area contributed by atoms with Crippen LogP contribution in [-0.4, -0.2) is 28.6 Å². The van der Waals surface area contributed by atoms with E-state index in [0.29, 0.717) is 12.2 Å². The summed E-state index contributed by atoms with van der Waals surface area (Å²) < 4.78 is 5.53. The standard InChI is InChI=1S/C18H25NO4/c1-13(2)23-12-14-5-7-15(8-6-14)17(22)19-18(11-16(20)21)9-3-4-10-18/h5-8,13H,3-4,9-12H2,1-2H3,(H,19,22)(H,20,21). The van der Waals surface area contributed by atoms with Crippen LogP contribution in [0.4, 0.5) is 0 Å². The first-order chi connectivity index (χ1) is 10.9. The van der Waals surface area contributed by atoms with Crippen molar-refractivity contribution in [3.63, 3.8) is 0 Å². The molecule has 0 spiro atoms. The Hall–Kier alpha value is -1.88. The fraction of sp³-hybridized carbons (Fsp3) is 0.556. The largest absolute Gasteiger partial charge is 0.481 e. The van der Waals surface area contributed by atoms with Crippen molar-refractivity contribution in [2.75, 3.05) is 0 Å². The Labute approximate surface area is 137 Å². The van der Waals surface area contributed by atoms with Crippen LogP contribution < -0.4 is 5.32 Å². The lowest BCUT2D eigenvalue weighted by Crippen LogP contribution is -2.47. The predicted molar refractivity (Wildman–Crippen MR) is 87.3 cm³/mol. The summed E-state index contributed by atoms with van der Waals surface area (Å²) in [7, 11) is 0. The summed E-state index contributed by atoms with van der Waals surface area (Å²) in [5.74, 6) is -1.07. The molecule has 2 N–H and O–H groups in total. The Bertz CT molecular complexity index is 545. The van der Waals surface area contributed by atoms with Crippen molar-refractivity contribution in [1.29, 1.82) is 0 Å². The molecule has 0 heterocycles. The van der Waals surface area contributed by atoms with Gasteiger partial charge in [-0.2, -0.15) is 0 Å². The van der Waals surface area contributed by atoms with Gasteiger partial charge < -0.3 is 15.2 Å². The van der Waals surface area contributed by atoms with Gasteiger partial charge in [0, 0.05) is 5.56 Å². The fourth-order valence-electron chi connectivity index (χ4n) is 3.02. The molecule has 1 aliphatic rings. The first-order valence-corrected chi connectivity index (χ1v) is 8.15. The summed E-state index contributed by atoms with van der Waals surface area (Å²) in [4.78, 5) is 23.5. The second-order valence-electron chi connectivity index (χ2n) is 6.57. The molecular formula is C18H25NO4. The molecule has 0 aliphatic heterocycles. The molecule has 23 heavy (non-hydrogen) atoms. The Morgan fingerprint density at radius 2 is 1.83 bits per heavy atom. The SMILES string of the molecule is CC(C)OCc1ccc(C(=O)NC2(CC(=O)O)CCCC2)cc1. The van der Waals surface area contributed by atoms with Gasteiger partial charge in [-0.05, 0) is 44.4 Å². The zero-order valence-electron chi connectivity index (χ0n) is 13.8. The number of benzene rings is 1. The summed E-state index contributed by atoms with van der Waals surface area (Å²) in [6.07, 6.45) is 3.52. The maximum Gasteiger partial charge on any atom is 0.305 e. The topological polar surface area (TPSA) is 75.6 Å². The van der Waals surface area contributed by atoms with Crippen molar-refractivity contribution >= 4 is 11.9 Å². The van der Waals surface area contributed by atoms with Crippen LogP contribution in [-0.2, 0) is 16.1 Å². The Morgan fingerprint density at radius 1 is 1.22 bits per heavy atom. The first-order valence-electron chi connectivity index (χ1n) is 8.15. The molecule has 0 aromatic heterocycles. The molecule has 0 saturated heterocycles. The van der Waals surface area contributed by atoms with Crippen LogP contribution in [0.2, 0.25) is 0 Å². The number of nitrogens with one attached hydrogen (secondary N) is 1. The Morgan fingerprint density at radius 3 is 2.35 bits per heavy atom. The van der Waals surface area contributed by atoms with E-state index in [4.69, 9.17) is 9.84 Å². The molecule has 1 aliphatic carbocycles. The van der Waals surface area contributed by atoms with Crippen molar-refractivity contribution < 1.29 is 19.4 Å². The number of rotatable bonds is 7. The lowest BCUT2D eigenvalue weighted by Gasteiger charge is -2.28. The average Bonchev–Trinajstić information content (AvgIpc) is 2.92. The minimum absolute atomic E-state index is 0.0148. The Balaban J connectivity index is 2.00. The van der Waals surface area contributed by atoms with Gasteiger partial charge in [0.25, 0.3) is 5.91 Å². The number of carbonyl (C=O) groups excluding carboxylic acids is 1. The third-order valence-electron chi connectivity index (χ3n) is 4.23. The summed E-state index contributed by atoms with van der Waals surface area (Å²) in [6.45, 7) is 4.47. The highest BCUT2D eigenvalue weighted by molar-refractivity contribution is 5.95. The number of hydrogen-bond donors (Lipinski definition) is 2. The normalized spacial score (nSPS) is 16.5. The zero-order valence-corrected chi connectivity index (χ0v) is 13.8. The van der Waals surface area contributed by atoms with Crippen molar-refractivity contribution in [3.8, 4) is 0 Å². The van der Waals surface area contributed by atoms with Gasteiger partial charge in [-0.3, -0.25) is 9.59 Å². The summed E-state index contributed by atoms with van der Waals surface area (Å²) in [5, 5.41) is 12.1. The zero-order chi connectivity index (χ0) is 16.9. The van der Waals surface area contributed by atoms with Gasteiger partial charge in [0.05, 0.1) is 24.7 Å². The molecule has 1 aromatic rings.